The zero-order chi connectivity index (χ0) is 17.6. The number of rotatable bonds is 4. The second-order valence-electron chi connectivity index (χ2n) is 6.05. The number of benzene rings is 1. The highest BCUT2D eigenvalue weighted by Crippen LogP contribution is 2.21. The molecule has 25 heavy (non-hydrogen) atoms. The summed E-state index contributed by atoms with van der Waals surface area (Å²) in [4.78, 5) is 7.02. The highest BCUT2D eigenvalue weighted by molar-refractivity contribution is 6.30. The van der Waals surface area contributed by atoms with Gasteiger partial charge < -0.3 is 15.0 Å². The van der Waals surface area contributed by atoms with Gasteiger partial charge in [-0.05, 0) is 24.6 Å². The molecule has 2 aromatic rings. The number of halogens is 1. The van der Waals surface area contributed by atoms with E-state index < -0.39 is 0 Å². The molecule has 0 bridgehead atoms. The van der Waals surface area contributed by atoms with Crippen LogP contribution in [0.3, 0.4) is 0 Å². The fourth-order valence-electron chi connectivity index (χ4n) is 2.88. The number of hydrogen-bond donors (Lipinski definition) is 1. The second-order valence-corrected chi connectivity index (χ2v) is 6.49. The molecule has 0 radical (unpaired) electrons. The third-order valence-corrected chi connectivity index (χ3v) is 4.33. The number of hydrogen-bond acceptors (Lipinski definition) is 3. The fraction of sp³-hybridized carbons (Fsp3) is 0.444. The van der Waals surface area contributed by atoms with E-state index in [1.54, 1.807) is 4.68 Å². The minimum atomic E-state index is 0.0116. The Morgan fingerprint density at radius 3 is 3.08 bits per heavy atom. The molecule has 3 rings (SSSR count). The molecule has 0 amide bonds. The average Bonchev–Trinajstić information content (AvgIpc) is 3.05. The van der Waals surface area contributed by atoms with E-state index in [1.807, 2.05) is 43.7 Å². The standard InChI is InChI=1S/C18H24ClN5O/c1-3-20-18(21-10-14-5-4-6-16(19)9-14)24-7-8-25-17(13-24)15-11-22-23(2)12-15/h4-6,9,11-12,17H,3,7-8,10,13H2,1-2H3,(H,20,21). The van der Waals surface area contributed by atoms with Crippen molar-refractivity contribution in [3.63, 3.8) is 0 Å². The van der Waals surface area contributed by atoms with E-state index in [0.29, 0.717) is 13.2 Å². The molecule has 1 atom stereocenters. The Morgan fingerprint density at radius 1 is 1.48 bits per heavy atom. The first-order valence-corrected chi connectivity index (χ1v) is 8.91. The van der Waals surface area contributed by atoms with E-state index >= 15 is 0 Å². The minimum Gasteiger partial charge on any atom is -0.370 e. The van der Waals surface area contributed by atoms with Crippen LogP contribution in [-0.2, 0) is 18.3 Å². The molecule has 2 heterocycles. The summed E-state index contributed by atoms with van der Waals surface area (Å²) >= 11 is 6.06. The Labute approximate surface area is 153 Å². The van der Waals surface area contributed by atoms with Crippen molar-refractivity contribution in [1.82, 2.24) is 20.0 Å². The van der Waals surface area contributed by atoms with Crippen molar-refractivity contribution in [2.45, 2.75) is 19.6 Å². The minimum absolute atomic E-state index is 0.0116. The molecule has 1 aromatic carbocycles. The third-order valence-electron chi connectivity index (χ3n) is 4.10. The SMILES string of the molecule is CCNC(=NCc1cccc(Cl)c1)N1CCOC(c2cnn(C)c2)C1. The van der Waals surface area contributed by atoms with E-state index in [4.69, 9.17) is 21.3 Å². The maximum Gasteiger partial charge on any atom is 0.194 e. The number of aliphatic imine (C=N–C) groups is 1. The van der Waals surface area contributed by atoms with Gasteiger partial charge in [0.15, 0.2) is 5.96 Å². The first kappa shape index (κ1) is 17.8. The lowest BCUT2D eigenvalue weighted by Gasteiger charge is -2.34. The maximum absolute atomic E-state index is 6.06. The van der Waals surface area contributed by atoms with Crippen LogP contribution in [0.5, 0.6) is 0 Å². The van der Waals surface area contributed by atoms with E-state index in [1.165, 1.54) is 0 Å². The summed E-state index contributed by atoms with van der Waals surface area (Å²) in [7, 11) is 1.92. The molecule has 0 aliphatic carbocycles. The lowest BCUT2D eigenvalue weighted by atomic mass is 10.1. The van der Waals surface area contributed by atoms with E-state index in [0.717, 1.165) is 41.7 Å². The van der Waals surface area contributed by atoms with Gasteiger partial charge in [0.1, 0.15) is 6.10 Å². The Kier molecular flexibility index (Phi) is 5.94. The monoisotopic (exact) mass is 361 g/mol. The molecule has 7 heteroatoms. The van der Waals surface area contributed by atoms with Crippen molar-refractivity contribution >= 4 is 17.6 Å². The topological polar surface area (TPSA) is 54.7 Å². The van der Waals surface area contributed by atoms with Gasteiger partial charge in [0.05, 0.1) is 25.9 Å². The van der Waals surface area contributed by atoms with Crippen LogP contribution in [0, 0.1) is 0 Å². The predicted octanol–water partition coefficient (Wildman–Crippen LogP) is 2.61. The molecule has 1 saturated heterocycles. The molecule has 1 aromatic heterocycles. The Morgan fingerprint density at radius 2 is 2.36 bits per heavy atom. The molecule has 6 nitrogen and oxygen atoms in total. The number of guanidine groups is 1. The van der Waals surface area contributed by atoms with Crippen molar-refractivity contribution < 1.29 is 4.74 Å². The predicted molar refractivity (Wildman–Crippen MR) is 99.7 cm³/mol. The Hall–Kier alpha value is -2.05. The van der Waals surface area contributed by atoms with Gasteiger partial charge in [-0.15, -0.1) is 0 Å². The van der Waals surface area contributed by atoms with Crippen molar-refractivity contribution in [3.05, 3.63) is 52.8 Å². The van der Waals surface area contributed by atoms with Crippen LogP contribution in [0.25, 0.3) is 0 Å². The molecule has 134 valence electrons. The molecule has 1 unspecified atom stereocenters. The second kappa shape index (κ2) is 8.36. The molecule has 1 N–H and O–H groups in total. The normalized spacial score (nSPS) is 18.4. The van der Waals surface area contributed by atoms with Crippen molar-refractivity contribution in [2.24, 2.45) is 12.0 Å². The fourth-order valence-corrected chi connectivity index (χ4v) is 3.09. The first-order chi connectivity index (χ1) is 12.2. The first-order valence-electron chi connectivity index (χ1n) is 8.53. The summed E-state index contributed by atoms with van der Waals surface area (Å²) < 4.78 is 7.72. The van der Waals surface area contributed by atoms with E-state index in [-0.39, 0.29) is 6.10 Å². The molecule has 0 spiro atoms. The van der Waals surface area contributed by atoms with Crippen molar-refractivity contribution in [2.75, 3.05) is 26.2 Å². The molecule has 0 saturated carbocycles. The van der Waals surface area contributed by atoms with Gasteiger partial charge in [0.25, 0.3) is 0 Å². The van der Waals surface area contributed by atoms with Crippen LogP contribution in [0.2, 0.25) is 5.02 Å². The van der Waals surface area contributed by atoms with Crippen LogP contribution < -0.4 is 5.32 Å². The van der Waals surface area contributed by atoms with Crippen LogP contribution in [-0.4, -0.2) is 46.9 Å². The van der Waals surface area contributed by atoms with Gasteiger partial charge in [-0.2, -0.15) is 5.10 Å². The summed E-state index contributed by atoms with van der Waals surface area (Å²) in [6.45, 7) is 5.74. The zero-order valence-corrected chi connectivity index (χ0v) is 15.4. The lowest BCUT2D eigenvalue weighted by Crippen LogP contribution is -2.48. The smallest absolute Gasteiger partial charge is 0.194 e. The molecule has 1 fully saturated rings. The number of aromatic nitrogens is 2. The summed E-state index contributed by atoms with van der Waals surface area (Å²) in [5, 5.41) is 8.36. The summed E-state index contributed by atoms with van der Waals surface area (Å²) in [6, 6.07) is 7.82. The largest absolute Gasteiger partial charge is 0.370 e. The quantitative estimate of drug-likeness (QED) is 0.672. The van der Waals surface area contributed by atoms with Crippen molar-refractivity contribution in [1.29, 1.82) is 0 Å². The Balaban J connectivity index is 1.71. The highest BCUT2D eigenvalue weighted by atomic mass is 35.5. The number of ether oxygens (including phenoxy) is 1. The zero-order valence-electron chi connectivity index (χ0n) is 14.7. The van der Waals surface area contributed by atoms with Gasteiger partial charge in [-0.1, -0.05) is 23.7 Å². The van der Waals surface area contributed by atoms with Crippen LogP contribution in [0.1, 0.15) is 24.2 Å². The number of nitrogens with zero attached hydrogens (tertiary/aromatic N) is 4. The van der Waals surface area contributed by atoms with Crippen LogP contribution in [0.4, 0.5) is 0 Å². The highest BCUT2D eigenvalue weighted by Gasteiger charge is 2.25. The lowest BCUT2D eigenvalue weighted by molar-refractivity contribution is -0.00805. The van der Waals surface area contributed by atoms with Crippen molar-refractivity contribution in [3.8, 4) is 0 Å². The number of nitrogens with one attached hydrogen (secondary N) is 1. The molecule has 1 aliphatic heterocycles. The summed E-state index contributed by atoms with van der Waals surface area (Å²) in [5.41, 5.74) is 2.19. The molecular weight excluding hydrogens is 338 g/mol. The maximum atomic E-state index is 6.06. The van der Waals surface area contributed by atoms with E-state index in [2.05, 4.69) is 22.2 Å². The van der Waals surface area contributed by atoms with E-state index in [9.17, 15) is 0 Å². The number of aryl methyl sites for hydroxylation is 1. The third kappa shape index (κ3) is 4.74. The van der Waals surface area contributed by atoms with Gasteiger partial charge in [0.2, 0.25) is 0 Å². The van der Waals surface area contributed by atoms with Gasteiger partial charge in [0, 0.05) is 36.9 Å². The van der Waals surface area contributed by atoms with Gasteiger partial charge in [-0.25, -0.2) is 4.99 Å². The van der Waals surface area contributed by atoms with Crippen LogP contribution >= 0.6 is 11.6 Å². The summed E-state index contributed by atoms with van der Waals surface area (Å²) in [5.74, 6) is 0.902. The number of morpholine rings is 1. The molecule has 1 aliphatic rings. The van der Waals surface area contributed by atoms with Crippen LogP contribution in [0.15, 0.2) is 41.7 Å². The average molecular weight is 362 g/mol. The van der Waals surface area contributed by atoms with Gasteiger partial charge >= 0.3 is 0 Å². The molecular formula is C18H24ClN5O. The van der Waals surface area contributed by atoms with Gasteiger partial charge in [-0.3, -0.25) is 4.68 Å². The Bertz CT molecular complexity index is 730. The summed E-state index contributed by atoms with van der Waals surface area (Å²) in [6.07, 6.45) is 3.88.